The van der Waals surface area contributed by atoms with Gasteiger partial charge in [-0.05, 0) is 66.6 Å². The Morgan fingerprint density at radius 2 is 1.65 bits per heavy atom. The van der Waals surface area contributed by atoms with Crippen LogP contribution in [0.15, 0.2) is 71.6 Å². The molecule has 0 saturated carbocycles. The molecule has 1 amide bonds. The molecule has 3 aromatic rings. The molecular formula is C22H20F2N2O4S. The maximum Gasteiger partial charge on any atom is 0.255 e. The minimum absolute atomic E-state index is 0.124. The van der Waals surface area contributed by atoms with Crippen LogP contribution in [-0.4, -0.2) is 28.0 Å². The molecule has 3 rings (SSSR count). The topological polar surface area (TPSA) is 84.5 Å². The first kappa shape index (κ1) is 22.4. The van der Waals surface area contributed by atoms with Crippen LogP contribution in [0.4, 0.5) is 14.5 Å². The van der Waals surface area contributed by atoms with Gasteiger partial charge in [-0.2, -0.15) is 0 Å². The van der Waals surface area contributed by atoms with Crippen molar-refractivity contribution in [2.75, 3.05) is 19.0 Å². The van der Waals surface area contributed by atoms with Crippen molar-refractivity contribution in [2.24, 2.45) is 0 Å². The van der Waals surface area contributed by atoms with E-state index in [1.54, 1.807) is 19.2 Å². The Kier molecular flexibility index (Phi) is 6.98. The number of sulfonamides is 1. The van der Waals surface area contributed by atoms with Crippen LogP contribution in [0.1, 0.15) is 15.9 Å². The van der Waals surface area contributed by atoms with Crippen LogP contribution in [0.25, 0.3) is 0 Å². The molecule has 0 aliphatic rings. The standard InChI is InChI=1S/C22H20F2N2O4S/c1-30-18-8-2-15(3-9-18)12-13-25-31(28,29)19-10-11-21(20(24)14-19)26-22(27)16-4-6-17(23)7-5-16/h2-11,14,25H,12-13H2,1H3,(H,26,27). The lowest BCUT2D eigenvalue weighted by molar-refractivity contribution is 0.102. The number of rotatable bonds is 8. The average Bonchev–Trinajstić information content (AvgIpc) is 2.76. The van der Waals surface area contributed by atoms with Gasteiger partial charge in [-0.1, -0.05) is 12.1 Å². The normalized spacial score (nSPS) is 11.2. The number of ether oxygens (including phenoxy) is 1. The first-order chi connectivity index (χ1) is 14.8. The second-order valence-corrected chi connectivity index (χ2v) is 8.37. The van der Waals surface area contributed by atoms with Crippen LogP contribution in [0.3, 0.4) is 0 Å². The predicted octanol–water partition coefficient (Wildman–Crippen LogP) is 3.75. The summed E-state index contributed by atoms with van der Waals surface area (Å²) >= 11 is 0. The van der Waals surface area contributed by atoms with Crippen molar-refractivity contribution >= 4 is 21.6 Å². The van der Waals surface area contributed by atoms with E-state index in [2.05, 4.69) is 10.0 Å². The summed E-state index contributed by atoms with van der Waals surface area (Å²) < 4.78 is 59.7. The van der Waals surface area contributed by atoms with Crippen LogP contribution >= 0.6 is 0 Å². The number of anilines is 1. The van der Waals surface area contributed by atoms with Crippen molar-refractivity contribution in [1.82, 2.24) is 4.72 Å². The molecule has 0 bridgehead atoms. The third-order valence-electron chi connectivity index (χ3n) is 4.47. The lowest BCUT2D eigenvalue weighted by atomic mass is 10.1. The predicted molar refractivity (Wildman–Crippen MR) is 113 cm³/mol. The lowest BCUT2D eigenvalue weighted by Crippen LogP contribution is -2.26. The van der Waals surface area contributed by atoms with Gasteiger partial charge in [0, 0.05) is 12.1 Å². The quantitative estimate of drug-likeness (QED) is 0.552. The van der Waals surface area contributed by atoms with E-state index in [0.29, 0.717) is 12.2 Å². The summed E-state index contributed by atoms with van der Waals surface area (Å²) in [7, 11) is -2.38. The molecule has 0 aliphatic carbocycles. The summed E-state index contributed by atoms with van der Waals surface area (Å²) in [5.74, 6) is -1.36. The Balaban J connectivity index is 1.63. The average molecular weight is 446 g/mol. The molecule has 0 radical (unpaired) electrons. The summed E-state index contributed by atoms with van der Waals surface area (Å²) in [6, 6.07) is 15.1. The van der Waals surface area contributed by atoms with Gasteiger partial charge in [0.25, 0.3) is 5.91 Å². The summed E-state index contributed by atoms with van der Waals surface area (Å²) in [5.41, 5.74) is 0.859. The van der Waals surface area contributed by atoms with Crippen molar-refractivity contribution in [3.8, 4) is 5.75 Å². The number of carbonyl (C=O) groups is 1. The van der Waals surface area contributed by atoms with Crippen molar-refractivity contribution in [3.05, 3.63) is 89.5 Å². The molecule has 0 heterocycles. The Labute approximate surface area is 178 Å². The van der Waals surface area contributed by atoms with Gasteiger partial charge in [-0.15, -0.1) is 0 Å². The Morgan fingerprint density at radius 1 is 0.968 bits per heavy atom. The number of methoxy groups -OCH3 is 1. The van der Waals surface area contributed by atoms with Crippen LogP contribution in [0.2, 0.25) is 0 Å². The molecule has 162 valence electrons. The number of carbonyl (C=O) groups excluding carboxylic acids is 1. The number of halogens is 2. The summed E-state index contributed by atoms with van der Waals surface area (Å²) in [6.45, 7) is 0.124. The SMILES string of the molecule is COc1ccc(CCNS(=O)(=O)c2ccc(NC(=O)c3ccc(F)cc3)c(F)c2)cc1. The van der Waals surface area contributed by atoms with Gasteiger partial charge >= 0.3 is 0 Å². The second kappa shape index (κ2) is 9.67. The van der Waals surface area contributed by atoms with Crippen LogP contribution in [0, 0.1) is 11.6 Å². The molecule has 0 aliphatic heterocycles. The largest absolute Gasteiger partial charge is 0.497 e. The number of benzene rings is 3. The highest BCUT2D eigenvalue weighted by Gasteiger charge is 2.17. The molecular weight excluding hydrogens is 426 g/mol. The van der Waals surface area contributed by atoms with E-state index >= 15 is 0 Å². The van der Waals surface area contributed by atoms with E-state index in [0.717, 1.165) is 29.8 Å². The van der Waals surface area contributed by atoms with E-state index in [1.807, 2.05) is 12.1 Å². The highest BCUT2D eigenvalue weighted by molar-refractivity contribution is 7.89. The molecule has 0 saturated heterocycles. The Hall–Kier alpha value is -3.30. The maximum absolute atomic E-state index is 14.4. The fraction of sp³-hybridized carbons (Fsp3) is 0.136. The number of hydrogen-bond donors (Lipinski definition) is 2. The van der Waals surface area contributed by atoms with Crippen LogP contribution in [0.5, 0.6) is 5.75 Å². The van der Waals surface area contributed by atoms with E-state index in [-0.39, 0.29) is 22.7 Å². The van der Waals surface area contributed by atoms with E-state index in [9.17, 15) is 22.0 Å². The van der Waals surface area contributed by atoms with Crippen molar-refractivity contribution in [1.29, 1.82) is 0 Å². The van der Waals surface area contributed by atoms with E-state index in [4.69, 9.17) is 4.74 Å². The molecule has 0 fully saturated rings. The van der Waals surface area contributed by atoms with Gasteiger partial charge in [0.1, 0.15) is 17.4 Å². The highest BCUT2D eigenvalue weighted by atomic mass is 32.2. The minimum Gasteiger partial charge on any atom is -0.497 e. The molecule has 0 unspecified atom stereocenters. The van der Waals surface area contributed by atoms with Gasteiger partial charge in [-0.25, -0.2) is 21.9 Å². The molecule has 31 heavy (non-hydrogen) atoms. The smallest absolute Gasteiger partial charge is 0.255 e. The fourth-order valence-corrected chi connectivity index (χ4v) is 3.81. The monoisotopic (exact) mass is 446 g/mol. The lowest BCUT2D eigenvalue weighted by Gasteiger charge is -2.10. The molecule has 2 N–H and O–H groups in total. The molecule has 6 nitrogen and oxygen atoms in total. The third-order valence-corrected chi connectivity index (χ3v) is 5.93. The minimum atomic E-state index is -3.94. The first-order valence-electron chi connectivity index (χ1n) is 9.27. The number of nitrogens with one attached hydrogen (secondary N) is 2. The van der Waals surface area contributed by atoms with Crippen LogP contribution in [-0.2, 0) is 16.4 Å². The van der Waals surface area contributed by atoms with Gasteiger partial charge in [0.15, 0.2) is 0 Å². The third kappa shape index (κ3) is 5.87. The maximum atomic E-state index is 14.4. The zero-order valence-electron chi connectivity index (χ0n) is 16.6. The molecule has 9 heteroatoms. The molecule has 0 aromatic heterocycles. The van der Waals surface area contributed by atoms with Crippen molar-refractivity contribution in [3.63, 3.8) is 0 Å². The second-order valence-electron chi connectivity index (χ2n) is 6.60. The first-order valence-corrected chi connectivity index (χ1v) is 10.8. The molecule has 0 atom stereocenters. The summed E-state index contributed by atoms with van der Waals surface area (Å²) in [4.78, 5) is 11.9. The highest BCUT2D eigenvalue weighted by Crippen LogP contribution is 2.20. The summed E-state index contributed by atoms with van der Waals surface area (Å²) in [5, 5.41) is 2.34. The van der Waals surface area contributed by atoms with E-state index in [1.165, 1.54) is 18.2 Å². The zero-order chi connectivity index (χ0) is 22.4. The zero-order valence-corrected chi connectivity index (χ0v) is 17.4. The Morgan fingerprint density at radius 3 is 2.26 bits per heavy atom. The van der Waals surface area contributed by atoms with Crippen molar-refractivity contribution < 1.29 is 26.7 Å². The van der Waals surface area contributed by atoms with Gasteiger partial charge in [0.05, 0.1) is 17.7 Å². The van der Waals surface area contributed by atoms with Gasteiger partial charge < -0.3 is 10.1 Å². The number of hydrogen-bond acceptors (Lipinski definition) is 4. The van der Waals surface area contributed by atoms with Gasteiger partial charge in [0.2, 0.25) is 10.0 Å². The van der Waals surface area contributed by atoms with Gasteiger partial charge in [-0.3, -0.25) is 4.79 Å². The Bertz CT molecular complexity index is 1170. The molecule has 3 aromatic carbocycles. The summed E-state index contributed by atoms with van der Waals surface area (Å²) in [6.07, 6.45) is 0.442. The number of amides is 1. The fourth-order valence-electron chi connectivity index (χ4n) is 2.77. The van der Waals surface area contributed by atoms with E-state index < -0.39 is 27.6 Å². The molecule has 0 spiro atoms. The van der Waals surface area contributed by atoms with Crippen LogP contribution < -0.4 is 14.8 Å². The van der Waals surface area contributed by atoms with Crippen molar-refractivity contribution in [2.45, 2.75) is 11.3 Å².